The smallest absolute Gasteiger partial charge is 0.308 e. The quantitative estimate of drug-likeness (QED) is 0.760. The Bertz CT molecular complexity index is 290. The minimum Gasteiger partial charge on any atom is -0.481 e. The number of amides is 1. The van der Waals surface area contributed by atoms with E-state index in [9.17, 15) is 9.59 Å². The summed E-state index contributed by atoms with van der Waals surface area (Å²) in [6, 6.07) is 0.338. The number of likely N-dealkylation sites (tertiary alicyclic amines) is 1. The van der Waals surface area contributed by atoms with Gasteiger partial charge in [-0.2, -0.15) is 0 Å². The number of rotatable bonds is 3. The van der Waals surface area contributed by atoms with Gasteiger partial charge in [-0.25, -0.2) is 0 Å². The monoisotopic (exact) mass is 211 g/mol. The molecular weight excluding hydrogens is 194 g/mol. The van der Waals surface area contributed by atoms with Crippen molar-refractivity contribution in [3.63, 3.8) is 0 Å². The molecule has 1 saturated heterocycles. The minimum atomic E-state index is -0.763. The predicted molar refractivity (Wildman–Crippen MR) is 54.3 cm³/mol. The van der Waals surface area contributed by atoms with Crippen LogP contribution in [0.5, 0.6) is 0 Å². The maximum absolute atomic E-state index is 11.6. The summed E-state index contributed by atoms with van der Waals surface area (Å²) in [4.78, 5) is 24.3. The Hall–Kier alpha value is -1.06. The highest BCUT2D eigenvalue weighted by Gasteiger charge is 2.45. The molecule has 4 nitrogen and oxygen atoms in total. The van der Waals surface area contributed by atoms with Gasteiger partial charge in [0.05, 0.1) is 5.92 Å². The van der Waals surface area contributed by atoms with Gasteiger partial charge in [0.15, 0.2) is 0 Å². The van der Waals surface area contributed by atoms with Crippen molar-refractivity contribution in [1.82, 2.24) is 4.90 Å². The molecule has 0 aromatic carbocycles. The number of carbonyl (C=O) groups is 2. The molecule has 0 radical (unpaired) electrons. The largest absolute Gasteiger partial charge is 0.481 e. The minimum absolute atomic E-state index is 0.147. The summed E-state index contributed by atoms with van der Waals surface area (Å²) in [6.45, 7) is 2.54. The molecule has 2 aliphatic rings. The second-order valence-electron chi connectivity index (χ2n) is 4.59. The van der Waals surface area contributed by atoms with Crippen molar-refractivity contribution >= 4 is 11.9 Å². The van der Waals surface area contributed by atoms with E-state index in [0.29, 0.717) is 31.3 Å². The van der Waals surface area contributed by atoms with Gasteiger partial charge in [0.25, 0.3) is 0 Å². The second-order valence-corrected chi connectivity index (χ2v) is 4.59. The maximum Gasteiger partial charge on any atom is 0.308 e. The van der Waals surface area contributed by atoms with Crippen molar-refractivity contribution in [2.75, 3.05) is 6.54 Å². The van der Waals surface area contributed by atoms with E-state index < -0.39 is 5.97 Å². The van der Waals surface area contributed by atoms with E-state index >= 15 is 0 Å². The van der Waals surface area contributed by atoms with Crippen LogP contribution in [0, 0.1) is 11.8 Å². The van der Waals surface area contributed by atoms with Gasteiger partial charge in [-0.15, -0.1) is 0 Å². The number of hydrogen-bond acceptors (Lipinski definition) is 2. The highest BCUT2D eigenvalue weighted by atomic mass is 16.4. The number of nitrogens with zero attached hydrogens (tertiary/aromatic N) is 1. The molecule has 2 fully saturated rings. The zero-order valence-electron chi connectivity index (χ0n) is 8.98. The first-order valence-corrected chi connectivity index (χ1v) is 5.65. The molecule has 1 N–H and O–H groups in total. The van der Waals surface area contributed by atoms with Gasteiger partial charge >= 0.3 is 5.97 Å². The Morgan fingerprint density at radius 1 is 1.60 bits per heavy atom. The van der Waals surface area contributed by atoms with Crippen LogP contribution in [0.4, 0.5) is 0 Å². The van der Waals surface area contributed by atoms with Crippen LogP contribution in [0.3, 0.4) is 0 Å². The standard InChI is InChI=1S/C11H17NO3/c1-2-7-5-9(7)12-6-8(11(14)15)3-4-10(12)13/h7-9H,2-6H2,1H3,(H,14,15). The van der Waals surface area contributed by atoms with Gasteiger partial charge in [-0.3, -0.25) is 9.59 Å². The fourth-order valence-electron chi connectivity index (χ4n) is 2.45. The highest BCUT2D eigenvalue weighted by Crippen LogP contribution is 2.40. The summed E-state index contributed by atoms with van der Waals surface area (Å²) >= 11 is 0. The number of carboxylic acids is 1. The number of hydrogen-bond donors (Lipinski definition) is 1. The Morgan fingerprint density at radius 2 is 2.33 bits per heavy atom. The highest BCUT2D eigenvalue weighted by molar-refractivity contribution is 5.81. The van der Waals surface area contributed by atoms with E-state index in [1.54, 1.807) is 4.90 Å². The zero-order chi connectivity index (χ0) is 11.0. The van der Waals surface area contributed by atoms with E-state index in [-0.39, 0.29) is 11.8 Å². The van der Waals surface area contributed by atoms with Gasteiger partial charge in [0.2, 0.25) is 5.91 Å². The number of carbonyl (C=O) groups excluding carboxylic acids is 1. The third-order valence-electron chi connectivity index (χ3n) is 3.60. The molecule has 3 unspecified atom stereocenters. The van der Waals surface area contributed by atoms with E-state index in [1.165, 1.54) is 0 Å². The summed E-state index contributed by atoms with van der Waals surface area (Å²) in [7, 11) is 0. The molecule has 15 heavy (non-hydrogen) atoms. The summed E-state index contributed by atoms with van der Waals surface area (Å²) in [5.74, 6) is -0.350. The van der Waals surface area contributed by atoms with Crippen LogP contribution in [-0.4, -0.2) is 34.5 Å². The first-order valence-electron chi connectivity index (χ1n) is 5.65. The van der Waals surface area contributed by atoms with Crippen molar-refractivity contribution in [3.05, 3.63) is 0 Å². The topological polar surface area (TPSA) is 57.6 Å². The normalized spacial score (nSPS) is 35.4. The average Bonchev–Trinajstić information content (AvgIpc) is 2.97. The van der Waals surface area contributed by atoms with Crippen LogP contribution in [0.15, 0.2) is 0 Å². The third kappa shape index (κ3) is 1.98. The zero-order valence-corrected chi connectivity index (χ0v) is 8.98. The number of aliphatic carboxylic acids is 1. The van der Waals surface area contributed by atoms with E-state index in [2.05, 4.69) is 6.92 Å². The Morgan fingerprint density at radius 3 is 2.87 bits per heavy atom. The Kier molecular flexibility index (Phi) is 2.67. The van der Waals surface area contributed by atoms with Crippen molar-refractivity contribution in [1.29, 1.82) is 0 Å². The van der Waals surface area contributed by atoms with Crippen molar-refractivity contribution in [2.24, 2.45) is 11.8 Å². The van der Waals surface area contributed by atoms with E-state index in [1.807, 2.05) is 0 Å². The van der Waals surface area contributed by atoms with E-state index in [0.717, 1.165) is 12.8 Å². The second kappa shape index (κ2) is 3.83. The van der Waals surface area contributed by atoms with Crippen LogP contribution >= 0.6 is 0 Å². The van der Waals surface area contributed by atoms with Crippen LogP contribution in [0.1, 0.15) is 32.6 Å². The molecule has 3 atom stereocenters. The predicted octanol–water partition coefficient (Wildman–Crippen LogP) is 1.11. The van der Waals surface area contributed by atoms with Crippen LogP contribution in [-0.2, 0) is 9.59 Å². The number of piperidine rings is 1. The van der Waals surface area contributed by atoms with Gasteiger partial charge in [-0.1, -0.05) is 13.3 Å². The summed E-state index contributed by atoms with van der Waals surface area (Å²) in [6.07, 6.45) is 3.07. The fraction of sp³-hybridized carbons (Fsp3) is 0.818. The average molecular weight is 211 g/mol. The lowest BCUT2D eigenvalue weighted by atomic mass is 9.97. The van der Waals surface area contributed by atoms with Crippen LogP contribution in [0.2, 0.25) is 0 Å². The lowest BCUT2D eigenvalue weighted by Gasteiger charge is -2.31. The Balaban J connectivity index is 1.97. The third-order valence-corrected chi connectivity index (χ3v) is 3.60. The molecule has 0 aromatic rings. The molecule has 0 bridgehead atoms. The van der Waals surface area contributed by atoms with Crippen molar-refractivity contribution in [3.8, 4) is 0 Å². The molecule has 1 saturated carbocycles. The lowest BCUT2D eigenvalue weighted by Crippen LogP contribution is -2.44. The Labute approximate surface area is 89.3 Å². The number of carboxylic acid groups (broad SMARTS) is 1. The van der Waals surface area contributed by atoms with E-state index in [4.69, 9.17) is 5.11 Å². The first kappa shape index (κ1) is 10.5. The van der Waals surface area contributed by atoms with Gasteiger partial charge in [-0.05, 0) is 18.8 Å². The van der Waals surface area contributed by atoms with Gasteiger partial charge in [0, 0.05) is 19.0 Å². The first-order chi connectivity index (χ1) is 7.13. The van der Waals surface area contributed by atoms with Gasteiger partial charge < -0.3 is 10.0 Å². The molecule has 0 aromatic heterocycles. The molecule has 1 aliphatic carbocycles. The molecule has 4 heteroatoms. The SMILES string of the molecule is CCC1CC1N1CC(C(=O)O)CCC1=O. The van der Waals surface area contributed by atoms with Crippen molar-refractivity contribution in [2.45, 2.75) is 38.6 Å². The summed E-state index contributed by atoms with van der Waals surface area (Å²) in [5.41, 5.74) is 0. The van der Waals surface area contributed by atoms with Gasteiger partial charge in [0.1, 0.15) is 0 Å². The summed E-state index contributed by atoms with van der Waals surface area (Å²) < 4.78 is 0. The molecule has 2 rings (SSSR count). The molecule has 84 valence electrons. The molecule has 1 heterocycles. The van der Waals surface area contributed by atoms with Crippen LogP contribution < -0.4 is 0 Å². The molecular formula is C11H17NO3. The summed E-state index contributed by atoms with van der Waals surface area (Å²) in [5, 5.41) is 8.93. The molecule has 1 aliphatic heterocycles. The lowest BCUT2D eigenvalue weighted by molar-refractivity contribution is -0.147. The fourth-order valence-corrected chi connectivity index (χ4v) is 2.45. The molecule has 1 amide bonds. The van der Waals surface area contributed by atoms with Crippen molar-refractivity contribution < 1.29 is 14.7 Å². The molecule has 0 spiro atoms. The maximum atomic E-state index is 11.6. The van der Waals surface area contributed by atoms with Crippen LogP contribution in [0.25, 0.3) is 0 Å².